The van der Waals surface area contributed by atoms with E-state index in [1.54, 1.807) is 18.2 Å². The van der Waals surface area contributed by atoms with Crippen LogP contribution in [0.5, 0.6) is 11.5 Å². The Morgan fingerprint density at radius 1 is 0.973 bits per heavy atom. The predicted octanol–water partition coefficient (Wildman–Crippen LogP) is 1.23. The van der Waals surface area contributed by atoms with E-state index in [4.69, 9.17) is 18.9 Å². The largest absolute Gasteiger partial charge is 0.493 e. The molecule has 0 aromatic heterocycles. The van der Waals surface area contributed by atoms with Crippen molar-refractivity contribution >= 4 is 23.8 Å². The van der Waals surface area contributed by atoms with Gasteiger partial charge in [-0.05, 0) is 37.9 Å². The van der Waals surface area contributed by atoms with Gasteiger partial charge in [0.1, 0.15) is 0 Å². The van der Waals surface area contributed by atoms with Gasteiger partial charge in [0.25, 0.3) is 0 Å². The van der Waals surface area contributed by atoms with Gasteiger partial charge >= 0.3 is 17.7 Å². The van der Waals surface area contributed by atoms with Gasteiger partial charge in [0.15, 0.2) is 17.6 Å². The quantitative estimate of drug-likeness (QED) is 0.329. The van der Waals surface area contributed by atoms with E-state index in [0.29, 0.717) is 37.6 Å². The van der Waals surface area contributed by atoms with Gasteiger partial charge in [0, 0.05) is 18.5 Å². The highest BCUT2D eigenvalue weighted by Gasteiger charge is 2.57. The highest BCUT2D eigenvalue weighted by molar-refractivity contribution is 6.30. The third kappa shape index (κ3) is 3.99. The molecule has 6 rings (SSSR count). The second-order valence-corrected chi connectivity index (χ2v) is 10.2. The minimum Gasteiger partial charge on any atom is -0.493 e. The van der Waals surface area contributed by atoms with Crippen LogP contribution in [0, 0.1) is 17.8 Å². The number of fused-ring (bicyclic) bond motifs is 3. The van der Waals surface area contributed by atoms with E-state index in [2.05, 4.69) is 4.90 Å². The van der Waals surface area contributed by atoms with Crippen LogP contribution in [0.3, 0.4) is 0 Å². The van der Waals surface area contributed by atoms with E-state index >= 15 is 0 Å². The second kappa shape index (κ2) is 9.02. The van der Waals surface area contributed by atoms with Crippen LogP contribution in [0.1, 0.15) is 18.4 Å². The van der Waals surface area contributed by atoms with Crippen LogP contribution in [0.25, 0.3) is 0 Å². The lowest BCUT2D eigenvalue weighted by Crippen LogP contribution is -2.66. The van der Waals surface area contributed by atoms with Gasteiger partial charge in [0.2, 0.25) is 11.8 Å². The third-order valence-corrected chi connectivity index (χ3v) is 7.96. The summed E-state index contributed by atoms with van der Waals surface area (Å²) in [5, 5.41) is 0. The number of carbonyl (C=O) groups excluding carboxylic acids is 4. The molecule has 194 valence electrons. The topological polar surface area (TPSA) is 112 Å². The van der Waals surface area contributed by atoms with E-state index in [1.165, 1.54) is 12.0 Å². The van der Waals surface area contributed by atoms with Crippen molar-refractivity contribution in [2.75, 3.05) is 33.3 Å². The first-order valence-corrected chi connectivity index (χ1v) is 12.6. The first kappa shape index (κ1) is 23.7. The fourth-order valence-corrected chi connectivity index (χ4v) is 5.98. The Kier molecular flexibility index (Phi) is 5.78. The van der Waals surface area contributed by atoms with Crippen LogP contribution in [0.15, 0.2) is 42.5 Å². The molecule has 0 spiro atoms. The van der Waals surface area contributed by atoms with Crippen LogP contribution in [-0.2, 0) is 35.1 Å². The number of nitrogens with zero attached hydrogens (tertiary/aromatic N) is 2. The molecule has 4 heterocycles. The summed E-state index contributed by atoms with van der Waals surface area (Å²) in [6.45, 7) is 1.91. The molecule has 0 saturated carbocycles. The van der Waals surface area contributed by atoms with Gasteiger partial charge in [-0.1, -0.05) is 36.4 Å². The molecular formula is C27H28N2O8. The fraction of sp³-hybridized carbons (Fsp3) is 0.481. The molecule has 5 aliphatic rings. The molecule has 3 saturated heterocycles. The zero-order valence-corrected chi connectivity index (χ0v) is 20.5. The maximum absolute atomic E-state index is 12.8. The summed E-state index contributed by atoms with van der Waals surface area (Å²) in [6.07, 6.45) is 8.29. The summed E-state index contributed by atoms with van der Waals surface area (Å²) in [5.41, 5.74) is 0.801. The summed E-state index contributed by atoms with van der Waals surface area (Å²) in [5.74, 6) is -3.48. The number of esters is 2. The van der Waals surface area contributed by atoms with E-state index in [1.807, 2.05) is 24.3 Å². The van der Waals surface area contributed by atoms with Crippen molar-refractivity contribution in [1.29, 1.82) is 0 Å². The van der Waals surface area contributed by atoms with Crippen molar-refractivity contribution < 1.29 is 38.1 Å². The number of hydrogen-bond donors (Lipinski definition) is 0. The lowest BCUT2D eigenvalue weighted by Gasteiger charge is -2.47. The number of ether oxygens (including phenoxy) is 4. The Labute approximate surface area is 213 Å². The zero-order valence-electron chi connectivity index (χ0n) is 20.5. The number of carbonyl (C=O) groups is 4. The summed E-state index contributed by atoms with van der Waals surface area (Å²) in [4.78, 5) is 53.4. The van der Waals surface area contributed by atoms with Crippen molar-refractivity contribution in [2.45, 2.75) is 31.2 Å². The van der Waals surface area contributed by atoms with E-state index < -0.39 is 23.8 Å². The molecule has 1 aliphatic carbocycles. The maximum Gasteiger partial charge on any atom is 0.420 e. The third-order valence-electron chi connectivity index (χ3n) is 7.96. The smallest absolute Gasteiger partial charge is 0.420 e. The van der Waals surface area contributed by atoms with E-state index in [0.717, 1.165) is 18.4 Å². The summed E-state index contributed by atoms with van der Waals surface area (Å²) < 4.78 is 22.8. The van der Waals surface area contributed by atoms with Crippen LogP contribution in [0.2, 0.25) is 0 Å². The molecule has 2 amide bonds. The van der Waals surface area contributed by atoms with Crippen LogP contribution >= 0.6 is 0 Å². The number of para-hydroxylation sites is 1. The molecule has 4 atom stereocenters. The molecule has 0 N–H and O–H groups in total. The molecule has 37 heavy (non-hydrogen) atoms. The normalized spacial score (nSPS) is 31.3. The Morgan fingerprint density at radius 2 is 1.68 bits per heavy atom. The molecule has 3 fully saturated rings. The molecular weight excluding hydrogens is 480 g/mol. The van der Waals surface area contributed by atoms with E-state index in [-0.39, 0.29) is 36.1 Å². The molecule has 4 aliphatic heterocycles. The monoisotopic (exact) mass is 508 g/mol. The fourth-order valence-electron chi connectivity index (χ4n) is 5.98. The zero-order chi connectivity index (χ0) is 25.7. The van der Waals surface area contributed by atoms with Crippen molar-refractivity contribution in [3.05, 3.63) is 48.1 Å². The lowest BCUT2D eigenvalue weighted by molar-refractivity contribution is -0.272. The molecule has 1 aromatic carbocycles. The molecule has 4 unspecified atom stereocenters. The molecule has 10 heteroatoms. The van der Waals surface area contributed by atoms with Gasteiger partial charge in [-0.2, -0.15) is 0 Å². The van der Waals surface area contributed by atoms with Crippen molar-refractivity contribution in [1.82, 2.24) is 9.80 Å². The van der Waals surface area contributed by atoms with Gasteiger partial charge in [-0.3, -0.25) is 19.4 Å². The van der Waals surface area contributed by atoms with Crippen molar-refractivity contribution in [2.24, 2.45) is 17.8 Å². The molecule has 0 radical (unpaired) electrons. The first-order valence-electron chi connectivity index (χ1n) is 12.6. The highest BCUT2D eigenvalue weighted by atomic mass is 16.8. The minimum absolute atomic E-state index is 0.126. The second-order valence-electron chi connectivity index (χ2n) is 10.2. The van der Waals surface area contributed by atoms with Crippen LogP contribution < -0.4 is 9.47 Å². The summed E-state index contributed by atoms with van der Waals surface area (Å²) in [6, 6.07) is 5.45. The predicted molar refractivity (Wildman–Crippen MR) is 127 cm³/mol. The Balaban J connectivity index is 1.14. The Morgan fingerprint density at radius 3 is 2.35 bits per heavy atom. The van der Waals surface area contributed by atoms with Gasteiger partial charge in [0.05, 0.1) is 25.5 Å². The van der Waals surface area contributed by atoms with Gasteiger partial charge in [-0.15, -0.1) is 0 Å². The van der Waals surface area contributed by atoms with Gasteiger partial charge < -0.3 is 18.9 Å². The highest BCUT2D eigenvalue weighted by Crippen LogP contribution is 2.44. The Hall–Kier alpha value is -3.66. The number of methoxy groups -OCH3 is 1. The molecule has 10 nitrogen and oxygen atoms in total. The van der Waals surface area contributed by atoms with Crippen LogP contribution in [-0.4, -0.2) is 78.7 Å². The number of allylic oxidation sites excluding steroid dienone is 2. The maximum atomic E-state index is 12.8. The first-order chi connectivity index (χ1) is 17.9. The number of likely N-dealkylation sites (tertiary alicyclic amines) is 2. The average Bonchev–Trinajstić information content (AvgIpc) is 3.14. The summed E-state index contributed by atoms with van der Waals surface area (Å²) in [7, 11) is 1.53. The van der Waals surface area contributed by atoms with E-state index in [9.17, 15) is 19.2 Å². The standard InChI is InChI=1S/C27H28N2O8/c1-34-20-8-4-5-17-13-21-27(36-22(17)20,37-26(33)25(32)35-21)15-28-11-9-16(10-12-28)14-29-23(30)18-6-2-3-7-19(18)24(29)31/h2-8,16,18-19,21H,9-15H2,1H3. The number of benzene rings is 1. The number of rotatable bonds is 5. The lowest BCUT2D eigenvalue weighted by atomic mass is 9.91. The minimum atomic E-state index is -1.49. The van der Waals surface area contributed by atoms with Gasteiger partial charge in [-0.25, -0.2) is 9.59 Å². The SMILES string of the molecule is COc1cccc2c1OC1(CN3CCC(CN4C(=O)C5C=CC=CC5C4=O)CC3)OC(=O)C(=O)OC1C2. The average molecular weight is 509 g/mol. The molecule has 0 bridgehead atoms. The number of imide groups is 1. The number of hydrogen-bond acceptors (Lipinski definition) is 9. The Bertz CT molecular complexity index is 1190. The van der Waals surface area contributed by atoms with Crippen molar-refractivity contribution in [3.63, 3.8) is 0 Å². The molecule has 1 aromatic rings. The number of amides is 2. The summed E-state index contributed by atoms with van der Waals surface area (Å²) >= 11 is 0. The van der Waals surface area contributed by atoms with Crippen molar-refractivity contribution in [3.8, 4) is 11.5 Å². The number of piperidine rings is 1. The van der Waals surface area contributed by atoms with Crippen LogP contribution in [0.4, 0.5) is 0 Å².